The van der Waals surface area contributed by atoms with E-state index in [0.717, 1.165) is 6.07 Å². The number of methoxy groups -OCH3 is 1. The Labute approximate surface area is 169 Å². The van der Waals surface area contributed by atoms with Gasteiger partial charge >= 0.3 is 0 Å². The van der Waals surface area contributed by atoms with E-state index in [1.807, 2.05) is 5.38 Å². The summed E-state index contributed by atoms with van der Waals surface area (Å²) < 4.78 is 24.4. The molecule has 0 saturated carbocycles. The molecule has 6 nitrogen and oxygen atoms in total. The lowest BCUT2D eigenvalue weighted by molar-refractivity contribution is -0.140. The van der Waals surface area contributed by atoms with Crippen LogP contribution in [-0.4, -0.2) is 28.8 Å². The minimum absolute atomic E-state index is 0.00891. The number of benzene rings is 1. The molecule has 3 aromatic rings. The molecule has 29 heavy (non-hydrogen) atoms. The first-order valence-corrected chi connectivity index (χ1v) is 9.57. The van der Waals surface area contributed by atoms with Crippen molar-refractivity contribution in [3.8, 4) is 5.75 Å². The maximum Gasteiger partial charge on any atom is 0.296 e. The molecule has 3 heterocycles. The normalized spacial score (nSPS) is 18.4. The van der Waals surface area contributed by atoms with Crippen LogP contribution in [0.15, 0.2) is 64.1 Å². The summed E-state index contributed by atoms with van der Waals surface area (Å²) in [5.41, 5.74) is -0.00516. The zero-order valence-corrected chi connectivity index (χ0v) is 16.1. The Morgan fingerprint density at radius 1 is 1.28 bits per heavy atom. The monoisotopic (exact) mass is 413 g/mol. The van der Waals surface area contributed by atoms with Crippen molar-refractivity contribution in [2.75, 3.05) is 7.11 Å². The standard InChI is InChI=1S/C21H16FNO5S/c1-27-15-7-6-12(10-14(15)22)19(24)17-18(16-5-3-9-29-16)23(21(26)20(17)25)11-13-4-2-8-28-13/h2-10,18,24H,11H2,1H3/t18-/m1/s1. The van der Waals surface area contributed by atoms with Crippen LogP contribution in [0.1, 0.15) is 22.2 Å². The minimum Gasteiger partial charge on any atom is -0.507 e. The number of ketones is 1. The Kier molecular flexibility index (Phi) is 4.94. The van der Waals surface area contributed by atoms with E-state index < -0.39 is 29.3 Å². The lowest BCUT2D eigenvalue weighted by Gasteiger charge is -2.23. The SMILES string of the molecule is COc1ccc(C(O)=C2C(=O)C(=O)N(Cc3ccco3)[C@@H]2c2cccs2)cc1F. The molecule has 0 unspecified atom stereocenters. The number of carbonyl (C=O) groups is 2. The van der Waals surface area contributed by atoms with Gasteiger partial charge in [-0.05, 0) is 41.8 Å². The van der Waals surface area contributed by atoms with Gasteiger partial charge < -0.3 is 19.2 Å². The summed E-state index contributed by atoms with van der Waals surface area (Å²) in [6, 6.07) is 10.0. The molecule has 4 rings (SSSR count). The molecule has 0 bridgehead atoms. The van der Waals surface area contributed by atoms with E-state index in [4.69, 9.17) is 9.15 Å². The van der Waals surface area contributed by atoms with E-state index in [1.165, 1.54) is 41.7 Å². The number of halogens is 1. The first-order chi connectivity index (χ1) is 14.0. The Bertz CT molecular complexity index is 1090. The Balaban J connectivity index is 1.83. The van der Waals surface area contributed by atoms with E-state index in [2.05, 4.69) is 0 Å². The fourth-order valence-corrected chi connectivity index (χ4v) is 4.17. The number of rotatable bonds is 5. The predicted octanol–water partition coefficient (Wildman–Crippen LogP) is 4.11. The molecule has 1 aliphatic heterocycles. The Morgan fingerprint density at radius 3 is 2.72 bits per heavy atom. The summed E-state index contributed by atoms with van der Waals surface area (Å²) in [4.78, 5) is 27.6. The third kappa shape index (κ3) is 3.31. The topological polar surface area (TPSA) is 80.0 Å². The number of carbonyl (C=O) groups excluding carboxylic acids is 2. The maximum atomic E-state index is 14.1. The molecule has 1 saturated heterocycles. The van der Waals surface area contributed by atoms with Gasteiger partial charge in [0.2, 0.25) is 0 Å². The molecule has 148 valence electrons. The Morgan fingerprint density at radius 2 is 2.10 bits per heavy atom. The van der Waals surface area contributed by atoms with Gasteiger partial charge in [0.1, 0.15) is 17.6 Å². The van der Waals surface area contributed by atoms with Gasteiger partial charge in [-0.3, -0.25) is 9.59 Å². The fourth-order valence-electron chi connectivity index (χ4n) is 3.33. The number of aliphatic hydroxyl groups is 1. The third-order valence-electron chi connectivity index (χ3n) is 4.68. The smallest absolute Gasteiger partial charge is 0.296 e. The second-order valence-corrected chi connectivity index (χ2v) is 7.35. The summed E-state index contributed by atoms with van der Waals surface area (Å²) in [5.74, 6) is -2.20. The number of thiophene rings is 1. The first kappa shape index (κ1) is 18.9. The van der Waals surface area contributed by atoms with Crippen molar-refractivity contribution >= 4 is 28.8 Å². The summed E-state index contributed by atoms with van der Waals surface area (Å²) >= 11 is 1.35. The molecule has 1 aromatic carbocycles. The van der Waals surface area contributed by atoms with Crippen molar-refractivity contribution in [2.24, 2.45) is 0 Å². The molecule has 1 aliphatic rings. The molecule has 1 amide bonds. The Hall–Kier alpha value is -3.39. The first-order valence-electron chi connectivity index (χ1n) is 8.69. The molecule has 0 aliphatic carbocycles. The van der Waals surface area contributed by atoms with Crippen LogP contribution in [0.4, 0.5) is 4.39 Å². The summed E-state index contributed by atoms with van der Waals surface area (Å²) in [5, 5.41) is 12.7. The van der Waals surface area contributed by atoms with Gasteiger partial charge in [-0.15, -0.1) is 11.3 Å². The molecule has 2 aromatic heterocycles. The van der Waals surface area contributed by atoms with Gasteiger partial charge in [-0.1, -0.05) is 6.07 Å². The molecule has 1 N–H and O–H groups in total. The zero-order chi connectivity index (χ0) is 20.5. The van der Waals surface area contributed by atoms with E-state index >= 15 is 0 Å². The molecular formula is C21H16FNO5S. The van der Waals surface area contributed by atoms with Gasteiger partial charge in [0.25, 0.3) is 11.7 Å². The van der Waals surface area contributed by atoms with Crippen molar-refractivity contribution in [2.45, 2.75) is 12.6 Å². The average molecular weight is 413 g/mol. The van der Waals surface area contributed by atoms with Crippen molar-refractivity contribution in [1.82, 2.24) is 4.90 Å². The summed E-state index contributed by atoms with van der Waals surface area (Å²) in [7, 11) is 1.33. The minimum atomic E-state index is -0.830. The van der Waals surface area contributed by atoms with Crippen molar-refractivity contribution in [3.63, 3.8) is 0 Å². The van der Waals surface area contributed by atoms with Crippen LogP contribution < -0.4 is 4.74 Å². The van der Waals surface area contributed by atoms with Gasteiger partial charge in [0, 0.05) is 10.4 Å². The third-order valence-corrected chi connectivity index (χ3v) is 5.61. The van der Waals surface area contributed by atoms with E-state index in [0.29, 0.717) is 10.6 Å². The average Bonchev–Trinajstić information content (AvgIpc) is 3.46. The van der Waals surface area contributed by atoms with Crippen LogP contribution in [-0.2, 0) is 16.1 Å². The largest absolute Gasteiger partial charge is 0.507 e. The highest BCUT2D eigenvalue weighted by Gasteiger charge is 2.46. The number of aliphatic hydroxyl groups excluding tert-OH is 1. The van der Waals surface area contributed by atoms with Gasteiger partial charge in [-0.25, -0.2) is 4.39 Å². The maximum absolute atomic E-state index is 14.1. The molecule has 8 heteroatoms. The summed E-state index contributed by atoms with van der Waals surface area (Å²) in [6.45, 7) is 0.0634. The van der Waals surface area contributed by atoms with E-state index in [-0.39, 0.29) is 23.4 Å². The number of Topliss-reactive ketones (excluding diaryl/α,β-unsaturated/α-hetero) is 1. The van der Waals surface area contributed by atoms with Crippen LogP contribution in [0.5, 0.6) is 5.75 Å². The number of furan rings is 1. The lowest BCUT2D eigenvalue weighted by atomic mass is 9.99. The van der Waals surface area contributed by atoms with Crippen LogP contribution in [0.2, 0.25) is 0 Å². The van der Waals surface area contributed by atoms with Crippen LogP contribution in [0.3, 0.4) is 0 Å². The number of hydrogen-bond acceptors (Lipinski definition) is 6. The molecular weight excluding hydrogens is 397 g/mol. The van der Waals surface area contributed by atoms with Crippen molar-refractivity contribution < 1.29 is 28.2 Å². The highest BCUT2D eigenvalue weighted by Crippen LogP contribution is 2.42. The predicted molar refractivity (Wildman–Crippen MR) is 104 cm³/mol. The van der Waals surface area contributed by atoms with Crippen LogP contribution >= 0.6 is 11.3 Å². The van der Waals surface area contributed by atoms with Crippen LogP contribution in [0.25, 0.3) is 5.76 Å². The number of ether oxygens (including phenoxy) is 1. The fraction of sp³-hybridized carbons (Fsp3) is 0.143. The molecule has 0 spiro atoms. The highest BCUT2D eigenvalue weighted by atomic mass is 32.1. The van der Waals surface area contributed by atoms with Gasteiger partial charge in [0.15, 0.2) is 11.6 Å². The number of likely N-dealkylation sites (tertiary alicyclic amines) is 1. The van der Waals surface area contributed by atoms with Gasteiger partial charge in [0.05, 0.1) is 25.5 Å². The highest BCUT2D eigenvalue weighted by molar-refractivity contribution is 7.10. The summed E-state index contributed by atoms with van der Waals surface area (Å²) in [6.07, 6.45) is 1.48. The molecule has 1 atom stereocenters. The van der Waals surface area contributed by atoms with E-state index in [9.17, 15) is 19.1 Å². The second kappa shape index (κ2) is 7.56. The number of nitrogens with zero attached hydrogens (tertiary/aromatic N) is 1. The number of amides is 1. The van der Waals surface area contributed by atoms with Gasteiger partial charge in [-0.2, -0.15) is 0 Å². The lowest BCUT2D eigenvalue weighted by Crippen LogP contribution is -2.28. The molecule has 0 radical (unpaired) electrons. The number of hydrogen-bond donors (Lipinski definition) is 1. The zero-order valence-electron chi connectivity index (χ0n) is 15.3. The van der Waals surface area contributed by atoms with E-state index in [1.54, 1.807) is 24.3 Å². The van der Waals surface area contributed by atoms with Crippen molar-refractivity contribution in [1.29, 1.82) is 0 Å². The van der Waals surface area contributed by atoms with Crippen LogP contribution in [0, 0.1) is 5.82 Å². The quantitative estimate of drug-likeness (QED) is 0.387. The second-order valence-electron chi connectivity index (χ2n) is 6.37. The van der Waals surface area contributed by atoms with Crippen molar-refractivity contribution in [3.05, 3.63) is 81.7 Å². The molecule has 1 fully saturated rings.